The molecule has 1 atom stereocenters. The molecule has 4 aromatic rings. The number of anilines is 2. The molecule has 0 aliphatic heterocycles. The molecule has 0 aliphatic carbocycles. The SMILES string of the molecule is COc1cccc(OC)c1C(=O)Nc1ccc(SC(C(=O)Nc2cc(C(=O)O)ccc2C)c2ccccc2)cc1. The lowest BCUT2D eigenvalue weighted by atomic mass is 10.1. The van der Waals surface area contributed by atoms with Crippen molar-refractivity contribution in [1.82, 2.24) is 0 Å². The van der Waals surface area contributed by atoms with Gasteiger partial charge in [0, 0.05) is 16.3 Å². The number of ether oxygens (including phenoxy) is 2. The molecule has 0 radical (unpaired) electrons. The van der Waals surface area contributed by atoms with Crippen LogP contribution in [-0.4, -0.2) is 37.1 Å². The summed E-state index contributed by atoms with van der Waals surface area (Å²) in [6.45, 7) is 1.81. The van der Waals surface area contributed by atoms with E-state index in [0.717, 1.165) is 16.0 Å². The topological polar surface area (TPSA) is 114 Å². The van der Waals surface area contributed by atoms with Gasteiger partial charge in [-0.15, -0.1) is 11.8 Å². The standard InChI is InChI=1S/C31H28N2O6S/c1-19-12-13-21(31(36)37)18-24(19)33-30(35)28(20-8-5-4-6-9-20)40-23-16-14-22(15-17-23)32-29(34)27-25(38-2)10-7-11-26(27)39-3/h4-18,28H,1-3H3,(H,32,34)(H,33,35)(H,36,37). The molecule has 2 amide bonds. The second-order valence-corrected chi connectivity index (χ2v) is 9.93. The second kappa shape index (κ2) is 12.9. The van der Waals surface area contributed by atoms with Gasteiger partial charge in [-0.1, -0.05) is 42.5 Å². The third kappa shape index (κ3) is 6.62. The number of rotatable bonds is 10. The number of carbonyl (C=O) groups is 3. The van der Waals surface area contributed by atoms with Crippen molar-refractivity contribution < 1.29 is 29.0 Å². The van der Waals surface area contributed by atoms with E-state index in [1.807, 2.05) is 42.5 Å². The Hall–Kier alpha value is -4.76. The molecule has 0 spiro atoms. The van der Waals surface area contributed by atoms with E-state index < -0.39 is 11.2 Å². The number of aryl methyl sites for hydroxylation is 1. The van der Waals surface area contributed by atoms with Crippen molar-refractivity contribution in [2.75, 3.05) is 24.9 Å². The van der Waals surface area contributed by atoms with Crippen molar-refractivity contribution in [2.24, 2.45) is 0 Å². The number of thioether (sulfide) groups is 1. The number of carboxylic acids is 1. The Labute approximate surface area is 236 Å². The predicted octanol–water partition coefficient (Wildman–Crippen LogP) is 6.43. The molecule has 0 heterocycles. The van der Waals surface area contributed by atoms with Crippen molar-refractivity contribution >= 4 is 40.9 Å². The summed E-state index contributed by atoms with van der Waals surface area (Å²) in [5.41, 5.74) is 2.92. The zero-order chi connectivity index (χ0) is 28.6. The fourth-order valence-electron chi connectivity index (χ4n) is 4.01. The highest BCUT2D eigenvalue weighted by Crippen LogP contribution is 2.37. The molecule has 4 rings (SSSR count). The van der Waals surface area contributed by atoms with E-state index in [1.54, 1.807) is 43.3 Å². The highest BCUT2D eigenvalue weighted by Gasteiger charge is 2.23. The molecule has 9 heteroatoms. The Morgan fingerprint density at radius 1 is 0.800 bits per heavy atom. The normalized spacial score (nSPS) is 11.3. The van der Waals surface area contributed by atoms with Gasteiger partial charge in [-0.3, -0.25) is 9.59 Å². The minimum atomic E-state index is -1.07. The van der Waals surface area contributed by atoms with Crippen LogP contribution in [0.25, 0.3) is 0 Å². The number of carboxylic acid groups (broad SMARTS) is 1. The molecular formula is C31H28N2O6S. The van der Waals surface area contributed by atoms with E-state index in [0.29, 0.717) is 22.9 Å². The Bertz CT molecular complexity index is 1500. The molecule has 0 bridgehead atoms. The van der Waals surface area contributed by atoms with E-state index in [1.165, 1.54) is 38.1 Å². The average Bonchev–Trinajstić information content (AvgIpc) is 2.97. The second-order valence-electron chi connectivity index (χ2n) is 8.75. The number of hydrogen-bond acceptors (Lipinski definition) is 6. The van der Waals surface area contributed by atoms with Crippen LogP contribution in [-0.2, 0) is 4.79 Å². The quantitative estimate of drug-likeness (QED) is 0.193. The highest BCUT2D eigenvalue weighted by atomic mass is 32.2. The van der Waals surface area contributed by atoms with Gasteiger partial charge in [0.15, 0.2) is 0 Å². The zero-order valence-electron chi connectivity index (χ0n) is 22.1. The Morgan fingerprint density at radius 2 is 1.45 bits per heavy atom. The Morgan fingerprint density at radius 3 is 2.05 bits per heavy atom. The average molecular weight is 557 g/mol. The van der Waals surface area contributed by atoms with E-state index >= 15 is 0 Å². The number of amides is 2. The van der Waals surface area contributed by atoms with Gasteiger partial charge in [-0.25, -0.2) is 4.79 Å². The lowest BCUT2D eigenvalue weighted by molar-refractivity contribution is -0.115. The molecule has 40 heavy (non-hydrogen) atoms. The van der Waals surface area contributed by atoms with Gasteiger partial charge in [0.1, 0.15) is 22.3 Å². The van der Waals surface area contributed by atoms with Gasteiger partial charge in [0.25, 0.3) is 5.91 Å². The number of carbonyl (C=O) groups excluding carboxylic acids is 2. The van der Waals surface area contributed by atoms with Gasteiger partial charge >= 0.3 is 5.97 Å². The summed E-state index contributed by atoms with van der Waals surface area (Å²) in [6, 6.07) is 26.2. The van der Waals surface area contributed by atoms with Crippen molar-refractivity contribution in [3.63, 3.8) is 0 Å². The van der Waals surface area contributed by atoms with Crippen LogP contribution >= 0.6 is 11.8 Å². The fraction of sp³-hybridized carbons (Fsp3) is 0.129. The van der Waals surface area contributed by atoms with Gasteiger partial charge in [-0.05, 0) is 66.6 Å². The summed E-state index contributed by atoms with van der Waals surface area (Å²) in [7, 11) is 2.97. The first-order chi connectivity index (χ1) is 19.3. The summed E-state index contributed by atoms with van der Waals surface area (Å²) in [4.78, 5) is 38.7. The van der Waals surface area contributed by atoms with E-state index in [4.69, 9.17) is 9.47 Å². The van der Waals surface area contributed by atoms with E-state index in [2.05, 4.69) is 10.6 Å². The maximum Gasteiger partial charge on any atom is 0.335 e. The summed E-state index contributed by atoms with van der Waals surface area (Å²) >= 11 is 1.34. The van der Waals surface area contributed by atoms with Crippen molar-refractivity contribution in [2.45, 2.75) is 17.1 Å². The molecule has 204 valence electrons. The van der Waals surface area contributed by atoms with Gasteiger partial charge in [0.2, 0.25) is 5.91 Å². The zero-order valence-corrected chi connectivity index (χ0v) is 23.0. The van der Waals surface area contributed by atoms with Gasteiger partial charge in [0.05, 0.1) is 19.8 Å². The minimum Gasteiger partial charge on any atom is -0.496 e. The van der Waals surface area contributed by atoms with Crippen LogP contribution in [0.15, 0.2) is 95.9 Å². The molecule has 3 N–H and O–H groups in total. The third-order valence-corrected chi connectivity index (χ3v) is 7.37. The summed E-state index contributed by atoms with van der Waals surface area (Å²) < 4.78 is 10.7. The molecular weight excluding hydrogens is 528 g/mol. The molecule has 0 fully saturated rings. The highest BCUT2D eigenvalue weighted by molar-refractivity contribution is 8.00. The summed E-state index contributed by atoms with van der Waals surface area (Å²) in [5, 5.41) is 14.5. The van der Waals surface area contributed by atoms with Gasteiger partial charge in [-0.2, -0.15) is 0 Å². The predicted molar refractivity (Wildman–Crippen MR) is 156 cm³/mol. The number of nitrogens with one attached hydrogen (secondary N) is 2. The van der Waals surface area contributed by atoms with Crippen molar-refractivity contribution in [1.29, 1.82) is 0 Å². The molecule has 0 aromatic heterocycles. The largest absolute Gasteiger partial charge is 0.496 e. The van der Waals surface area contributed by atoms with Crippen LogP contribution in [0.5, 0.6) is 11.5 Å². The molecule has 0 aliphatic rings. The Kier molecular flexibility index (Phi) is 9.08. The van der Waals surface area contributed by atoms with Crippen molar-refractivity contribution in [3.8, 4) is 11.5 Å². The lowest BCUT2D eigenvalue weighted by Crippen LogP contribution is -2.20. The molecule has 0 saturated carbocycles. The number of aromatic carboxylic acids is 1. The first-order valence-electron chi connectivity index (χ1n) is 12.3. The maximum atomic E-state index is 13.5. The molecule has 0 saturated heterocycles. The van der Waals surface area contributed by atoms with Crippen LogP contribution in [0.4, 0.5) is 11.4 Å². The first-order valence-corrected chi connectivity index (χ1v) is 13.2. The van der Waals surface area contributed by atoms with Crippen LogP contribution in [0.3, 0.4) is 0 Å². The first kappa shape index (κ1) is 28.3. The van der Waals surface area contributed by atoms with Crippen LogP contribution in [0.1, 0.15) is 37.1 Å². The third-order valence-electron chi connectivity index (χ3n) is 6.10. The van der Waals surface area contributed by atoms with Gasteiger partial charge < -0.3 is 25.2 Å². The monoisotopic (exact) mass is 556 g/mol. The maximum absolute atomic E-state index is 13.5. The lowest BCUT2D eigenvalue weighted by Gasteiger charge is -2.18. The van der Waals surface area contributed by atoms with Crippen molar-refractivity contribution in [3.05, 3.63) is 113 Å². The fourth-order valence-corrected chi connectivity index (χ4v) is 5.03. The summed E-state index contributed by atoms with van der Waals surface area (Å²) in [5.74, 6) is -0.951. The Balaban J connectivity index is 1.54. The van der Waals surface area contributed by atoms with Crippen LogP contribution in [0, 0.1) is 6.92 Å². The van der Waals surface area contributed by atoms with E-state index in [9.17, 15) is 19.5 Å². The van der Waals surface area contributed by atoms with E-state index in [-0.39, 0.29) is 22.9 Å². The summed E-state index contributed by atoms with van der Waals surface area (Å²) in [6.07, 6.45) is 0. The van der Waals surface area contributed by atoms with Crippen LogP contribution < -0.4 is 20.1 Å². The van der Waals surface area contributed by atoms with Crippen LogP contribution in [0.2, 0.25) is 0 Å². The molecule has 1 unspecified atom stereocenters. The smallest absolute Gasteiger partial charge is 0.335 e. The number of hydrogen-bond donors (Lipinski definition) is 3. The molecule has 8 nitrogen and oxygen atoms in total. The minimum absolute atomic E-state index is 0.0909. The number of benzene rings is 4. The molecule has 4 aromatic carbocycles. The number of methoxy groups -OCH3 is 2.